The molecule has 1 heterocycles. The van der Waals surface area contributed by atoms with Crippen LogP contribution in [0.4, 0.5) is 11.4 Å². The van der Waals surface area contributed by atoms with Crippen molar-refractivity contribution in [3.63, 3.8) is 0 Å². The average Bonchev–Trinajstić information content (AvgIpc) is 2.61. The minimum Gasteiger partial charge on any atom is -0.383 e. The molecule has 7 heteroatoms. The molecule has 0 aliphatic rings. The largest absolute Gasteiger partial charge is 0.383 e. The van der Waals surface area contributed by atoms with Crippen LogP contribution in [0.15, 0.2) is 54.9 Å². The molecular formula is C17H17N3O4. The van der Waals surface area contributed by atoms with E-state index < -0.39 is 4.92 Å². The van der Waals surface area contributed by atoms with Gasteiger partial charge in [0.1, 0.15) is 0 Å². The summed E-state index contributed by atoms with van der Waals surface area (Å²) in [6.07, 6.45) is 5.95. The second-order valence-corrected chi connectivity index (χ2v) is 4.84. The molecule has 24 heavy (non-hydrogen) atoms. The third-order valence-electron chi connectivity index (χ3n) is 3.30. The molecule has 1 aromatic heterocycles. The van der Waals surface area contributed by atoms with E-state index in [1.807, 2.05) is 0 Å². The van der Waals surface area contributed by atoms with Gasteiger partial charge in [-0.3, -0.25) is 19.9 Å². The van der Waals surface area contributed by atoms with Crippen molar-refractivity contribution in [2.45, 2.75) is 0 Å². The monoisotopic (exact) mass is 327 g/mol. The van der Waals surface area contributed by atoms with Crippen LogP contribution in [-0.2, 0) is 9.53 Å². The van der Waals surface area contributed by atoms with E-state index in [2.05, 4.69) is 4.98 Å². The molecule has 124 valence electrons. The number of amides is 1. The molecule has 0 fully saturated rings. The lowest BCUT2D eigenvalue weighted by molar-refractivity contribution is -0.385. The molecular weight excluding hydrogens is 310 g/mol. The Balaban J connectivity index is 2.23. The number of hydrogen-bond acceptors (Lipinski definition) is 5. The number of ether oxygens (including phenoxy) is 1. The summed E-state index contributed by atoms with van der Waals surface area (Å²) in [7, 11) is 1.55. The average molecular weight is 327 g/mol. The number of methoxy groups -OCH3 is 1. The molecule has 2 rings (SSSR count). The van der Waals surface area contributed by atoms with Crippen LogP contribution in [0, 0.1) is 10.1 Å². The SMILES string of the molecule is COCCN(C(=O)/C=C/c1ccccc1[N+](=O)[O-])c1ccncc1. The number of rotatable bonds is 7. The normalized spacial score (nSPS) is 10.7. The van der Waals surface area contributed by atoms with E-state index in [-0.39, 0.29) is 11.6 Å². The fraction of sp³-hybridized carbons (Fsp3) is 0.176. The van der Waals surface area contributed by atoms with Crippen molar-refractivity contribution in [3.8, 4) is 0 Å². The summed E-state index contributed by atoms with van der Waals surface area (Å²) in [6.45, 7) is 0.730. The third-order valence-corrected chi connectivity index (χ3v) is 3.30. The van der Waals surface area contributed by atoms with Crippen molar-refractivity contribution < 1.29 is 14.5 Å². The summed E-state index contributed by atoms with van der Waals surface area (Å²) in [4.78, 5) is 28.5. The summed E-state index contributed by atoms with van der Waals surface area (Å²) in [5, 5.41) is 11.0. The quantitative estimate of drug-likeness (QED) is 0.443. The summed E-state index contributed by atoms with van der Waals surface area (Å²) in [5.74, 6) is -0.295. The third kappa shape index (κ3) is 4.47. The number of hydrogen-bond donors (Lipinski definition) is 0. The van der Waals surface area contributed by atoms with Crippen LogP contribution >= 0.6 is 0 Å². The van der Waals surface area contributed by atoms with E-state index in [1.54, 1.807) is 49.8 Å². The zero-order valence-electron chi connectivity index (χ0n) is 13.2. The number of nitro groups is 1. The van der Waals surface area contributed by atoms with E-state index in [4.69, 9.17) is 4.74 Å². The lowest BCUT2D eigenvalue weighted by Crippen LogP contribution is -2.32. The first kappa shape index (κ1) is 17.3. The number of anilines is 1. The second kappa shape index (κ2) is 8.54. The first-order valence-electron chi connectivity index (χ1n) is 7.25. The number of pyridine rings is 1. The molecule has 1 amide bonds. The molecule has 0 bridgehead atoms. The summed E-state index contributed by atoms with van der Waals surface area (Å²) >= 11 is 0. The van der Waals surface area contributed by atoms with Gasteiger partial charge < -0.3 is 9.64 Å². The van der Waals surface area contributed by atoms with Crippen molar-refractivity contribution in [1.82, 2.24) is 4.98 Å². The fourth-order valence-corrected chi connectivity index (χ4v) is 2.12. The molecule has 0 aliphatic heterocycles. The van der Waals surface area contributed by atoms with Crippen LogP contribution in [0.2, 0.25) is 0 Å². The lowest BCUT2D eigenvalue weighted by Gasteiger charge is -2.20. The van der Waals surface area contributed by atoms with E-state index in [0.717, 1.165) is 0 Å². The first-order chi connectivity index (χ1) is 11.6. The molecule has 2 aromatic rings. The maximum atomic E-state index is 12.5. The van der Waals surface area contributed by atoms with Gasteiger partial charge in [0, 0.05) is 43.9 Å². The zero-order chi connectivity index (χ0) is 17.4. The van der Waals surface area contributed by atoms with E-state index >= 15 is 0 Å². The predicted octanol–water partition coefficient (Wildman–Crippen LogP) is 2.68. The van der Waals surface area contributed by atoms with Gasteiger partial charge in [-0.1, -0.05) is 12.1 Å². The predicted molar refractivity (Wildman–Crippen MR) is 90.6 cm³/mol. The fourth-order valence-electron chi connectivity index (χ4n) is 2.12. The van der Waals surface area contributed by atoms with E-state index in [1.165, 1.54) is 23.1 Å². The first-order valence-corrected chi connectivity index (χ1v) is 7.25. The van der Waals surface area contributed by atoms with Crippen LogP contribution in [-0.4, -0.2) is 36.1 Å². The maximum Gasteiger partial charge on any atom is 0.276 e. The summed E-state index contributed by atoms with van der Waals surface area (Å²) < 4.78 is 5.03. The Bertz CT molecular complexity index is 732. The van der Waals surface area contributed by atoms with Gasteiger partial charge in [0.15, 0.2) is 0 Å². The highest BCUT2D eigenvalue weighted by Gasteiger charge is 2.14. The Morgan fingerprint density at radius 2 is 2.00 bits per heavy atom. The molecule has 7 nitrogen and oxygen atoms in total. The number of nitro benzene ring substituents is 1. The van der Waals surface area contributed by atoms with Crippen molar-refractivity contribution in [2.75, 3.05) is 25.2 Å². The minimum atomic E-state index is -0.476. The number of nitrogens with zero attached hydrogens (tertiary/aromatic N) is 3. The number of carbonyl (C=O) groups is 1. The maximum absolute atomic E-state index is 12.5. The Hall–Kier alpha value is -3.06. The Labute approximate surface area is 139 Å². The van der Waals surface area contributed by atoms with Crippen LogP contribution < -0.4 is 4.90 Å². The molecule has 0 radical (unpaired) electrons. The number of aromatic nitrogens is 1. The van der Waals surface area contributed by atoms with Crippen molar-refractivity contribution in [3.05, 3.63) is 70.5 Å². The van der Waals surface area contributed by atoms with Crippen LogP contribution in [0.1, 0.15) is 5.56 Å². The van der Waals surface area contributed by atoms with Crippen molar-refractivity contribution in [1.29, 1.82) is 0 Å². The molecule has 0 aliphatic carbocycles. The van der Waals surface area contributed by atoms with Crippen LogP contribution in [0.25, 0.3) is 6.08 Å². The molecule has 0 atom stereocenters. The molecule has 1 aromatic carbocycles. The van der Waals surface area contributed by atoms with Crippen LogP contribution in [0.3, 0.4) is 0 Å². The number of carbonyl (C=O) groups excluding carboxylic acids is 1. The van der Waals surface area contributed by atoms with Gasteiger partial charge in [-0.15, -0.1) is 0 Å². The highest BCUT2D eigenvalue weighted by molar-refractivity contribution is 6.04. The molecule has 0 N–H and O–H groups in total. The zero-order valence-corrected chi connectivity index (χ0v) is 13.2. The van der Waals surface area contributed by atoms with Crippen molar-refractivity contribution >= 4 is 23.4 Å². The van der Waals surface area contributed by atoms with Crippen LogP contribution in [0.5, 0.6) is 0 Å². The molecule has 0 saturated heterocycles. The highest BCUT2D eigenvalue weighted by atomic mass is 16.6. The Morgan fingerprint density at radius 1 is 1.29 bits per heavy atom. The van der Waals surface area contributed by atoms with Gasteiger partial charge in [0.05, 0.1) is 17.1 Å². The highest BCUT2D eigenvalue weighted by Crippen LogP contribution is 2.19. The topological polar surface area (TPSA) is 85.6 Å². The van der Waals surface area contributed by atoms with Gasteiger partial charge in [-0.25, -0.2) is 0 Å². The molecule has 0 unspecified atom stereocenters. The Kier molecular flexibility index (Phi) is 6.16. The van der Waals surface area contributed by atoms with Gasteiger partial charge in [0.25, 0.3) is 11.6 Å². The lowest BCUT2D eigenvalue weighted by atomic mass is 10.1. The standard InChI is InChI=1S/C17H17N3O4/c1-24-13-12-19(15-8-10-18-11-9-15)17(21)7-6-14-4-2-3-5-16(14)20(22)23/h2-11H,12-13H2,1H3/b7-6+. The smallest absolute Gasteiger partial charge is 0.276 e. The molecule has 0 spiro atoms. The number of para-hydroxylation sites is 1. The minimum absolute atomic E-state index is 0.0473. The van der Waals surface area contributed by atoms with Gasteiger partial charge in [0.2, 0.25) is 0 Å². The van der Waals surface area contributed by atoms with E-state index in [9.17, 15) is 14.9 Å². The second-order valence-electron chi connectivity index (χ2n) is 4.84. The van der Waals surface area contributed by atoms with Crippen molar-refractivity contribution in [2.24, 2.45) is 0 Å². The summed E-state index contributed by atoms with van der Waals surface area (Å²) in [6, 6.07) is 9.68. The molecule has 0 saturated carbocycles. The van der Waals surface area contributed by atoms with E-state index in [0.29, 0.717) is 24.4 Å². The van der Waals surface area contributed by atoms with Gasteiger partial charge in [-0.05, 0) is 24.3 Å². The Morgan fingerprint density at radius 3 is 2.67 bits per heavy atom. The van der Waals surface area contributed by atoms with Gasteiger partial charge in [-0.2, -0.15) is 0 Å². The number of benzene rings is 1. The summed E-state index contributed by atoms with van der Waals surface area (Å²) in [5.41, 5.74) is 1.01. The van der Waals surface area contributed by atoms with Gasteiger partial charge >= 0.3 is 0 Å².